The summed E-state index contributed by atoms with van der Waals surface area (Å²) >= 11 is 1.52. The van der Waals surface area contributed by atoms with Gasteiger partial charge in [0.25, 0.3) is 0 Å². The van der Waals surface area contributed by atoms with E-state index in [-0.39, 0.29) is 12.6 Å². The number of piperazine rings is 1. The van der Waals surface area contributed by atoms with Crippen LogP contribution in [0.1, 0.15) is 23.8 Å². The standard InChI is InChI=1S/C23H30N8O2S/c1-17-5-2-3-7-20(17)34-23-27-21(25-9-8-18(29-24)19-6-4-16-33-19)26-22(28-23)31-12-10-30(11-13-31)14-15-32/h2-7,16,18,24,32H,8-15H2,1H3,(H,25,26,27,28). The predicted molar refractivity (Wildman–Crippen MR) is 131 cm³/mol. The summed E-state index contributed by atoms with van der Waals surface area (Å²) in [7, 11) is 0. The Hall–Kier alpha value is -3.02. The molecule has 0 amide bonds. The number of rotatable bonds is 11. The molecule has 0 aliphatic carbocycles. The minimum Gasteiger partial charge on any atom is -0.467 e. The number of furan rings is 1. The molecule has 1 fully saturated rings. The van der Waals surface area contributed by atoms with Crippen molar-refractivity contribution in [2.75, 3.05) is 56.1 Å². The Morgan fingerprint density at radius 2 is 1.97 bits per heavy atom. The summed E-state index contributed by atoms with van der Waals surface area (Å²) in [6.07, 6.45) is 2.17. The van der Waals surface area contributed by atoms with Crippen molar-refractivity contribution in [1.82, 2.24) is 19.9 Å². The van der Waals surface area contributed by atoms with Crippen LogP contribution in [0.15, 0.2) is 62.2 Å². The Kier molecular flexibility index (Phi) is 8.45. The van der Waals surface area contributed by atoms with E-state index in [9.17, 15) is 5.11 Å². The molecule has 1 saturated heterocycles. The van der Waals surface area contributed by atoms with Crippen molar-refractivity contribution in [3.63, 3.8) is 0 Å². The number of hydrogen-bond acceptors (Lipinski definition) is 11. The zero-order valence-electron chi connectivity index (χ0n) is 19.2. The van der Waals surface area contributed by atoms with Crippen LogP contribution in [0.2, 0.25) is 0 Å². The summed E-state index contributed by atoms with van der Waals surface area (Å²) in [6.45, 7) is 6.74. The number of β-amino-alcohol motifs (C(OH)–C–C–N with tert-alkyl or cyclic N) is 1. The first kappa shape index (κ1) is 24.1. The van der Waals surface area contributed by atoms with E-state index in [2.05, 4.69) is 49.3 Å². The molecule has 3 aromatic rings. The molecular weight excluding hydrogens is 452 g/mol. The predicted octanol–water partition coefficient (Wildman–Crippen LogP) is 3.61. The van der Waals surface area contributed by atoms with E-state index in [1.54, 1.807) is 12.3 Å². The maximum Gasteiger partial charge on any atom is 0.231 e. The molecule has 1 aliphatic rings. The number of nitrogens with zero attached hydrogens (tertiary/aromatic N) is 6. The topological polar surface area (TPSA) is 127 Å². The zero-order chi connectivity index (χ0) is 23.8. The molecule has 180 valence electrons. The number of benzene rings is 1. The van der Waals surface area contributed by atoms with E-state index >= 15 is 0 Å². The van der Waals surface area contributed by atoms with E-state index in [0.29, 0.717) is 42.3 Å². The van der Waals surface area contributed by atoms with Crippen LogP contribution >= 0.6 is 11.8 Å². The number of anilines is 2. The van der Waals surface area contributed by atoms with Gasteiger partial charge >= 0.3 is 0 Å². The van der Waals surface area contributed by atoms with Gasteiger partial charge in [0.2, 0.25) is 11.9 Å². The Morgan fingerprint density at radius 1 is 1.15 bits per heavy atom. The summed E-state index contributed by atoms with van der Waals surface area (Å²) in [6, 6.07) is 11.5. The smallest absolute Gasteiger partial charge is 0.231 e. The van der Waals surface area contributed by atoms with Crippen LogP contribution < -0.4 is 10.2 Å². The van der Waals surface area contributed by atoms with Gasteiger partial charge in [0.1, 0.15) is 11.8 Å². The first-order valence-corrected chi connectivity index (χ1v) is 12.2. The maximum absolute atomic E-state index is 9.21. The molecule has 0 radical (unpaired) electrons. The van der Waals surface area contributed by atoms with Gasteiger partial charge in [0, 0.05) is 44.2 Å². The monoisotopic (exact) mass is 482 g/mol. The highest BCUT2D eigenvalue weighted by Crippen LogP contribution is 2.29. The first-order chi connectivity index (χ1) is 16.7. The quantitative estimate of drug-likeness (QED) is 0.351. The zero-order valence-corrected chi connectivity index (χ0v) is 20.0. The van der Waals surface area contributed by atoms with Gasteiger partial charge in [-0.25, -0.2) is 5.53 Å². The Labute approximate surface area is 203 Å². The maximum atomic E-state index is 9.21. The lowest BCUT2D eigenvalue weighted by Crippen LogP contribution is -2.47. The fourth-order valence-electron chi connectivity index (χ4n) is 3.77. The largest absolute Gasteiger partial charge is 0.467 e. The molecular formula is C23H30N8O2S. The van der Waals surface area contributed by atoms with Gasteiger partial charge in [0.15, 0.2) is 5.16 Å². The van der Waals surface area contributed by atoms with E-state index in [1.165, 1.54) is 17.3 Å². The number of aliphatic hydroxyl groups excluding tert-OH is 1. The van der Waals surface area contributed by atoms with Gasteiger partial charge in [-0.15, -0.1) is 0 Å². The highest BCUT2D eigenvalue weighted by molar-refractivity contribution is 7.99. The third-order valence-electron chi connectivity index (χ3n) is 5.70. The van der Waals surface area contributed by atoms with Crippen LogP contribution in [-0.4, -0.2) is 70.8 Å². The molecule has 2 aromatic heterocycles. The van der Waals surface area contributed by atoms with Crippen molar-refractivity contribution in [3.8, 4) is 0 Å². The molecule has 10 nitrogen and oxygen atoms in total. The van der Waals surface area contributed by atoms with Gasteiger partial charge in [-0.1, -0.05) is 18.2 Å². The lowest BCUT2D eigenvalue weighted by molar-refractivity contribution is 0.188. The summed E-state index contributed by atoms with van der Waals surface area (Å²) in [4.78, 5) is 19.6. The van der Waals surface area contributed by atoms with Crippen molar-refractivity contribution < 1.29 is 9.52 Å². The van der Waals surface area contributed by atoms with Gasteiger partial charge in [-0.05, 0) is 48.9 Å². The van der Waals surface area contributed by atoms with Gasteiger partial charge in [0.05, 0.1) is 12.9 Å². The molecule has 0 bridgehead atoms. The molecule has 1 atom stereocenters. The van der Waals surface area contributed by atoms with E-state index in [1.807, 2.05) is 18.2 Å². The molecule has 1 aromatic carbocycles. The van der Waals surface area contributed by atoms with Crippen LogP contribution in [0, 0.1) is 12.5 Å². The SMILES string of the molecule is Cc1ccccc1Sc1nc(NCCC(N=N)c2ccco2)nc(N2CCN(CCO)CC2)n1. The van der Waals surface area contributed by atoms with Crippen LogP contribution in [0.5, 0.6) is 0 Å². The fraction of sp³-hybridized carbons (Fsp3) is 0.435. The third kappa shape index (κ3) is 6.31. The summed E-state index contributed by atoms with van der Waals surface area (Å²) < 4.78 is 5.40. The molecule has 1 aliphatic heterocycles. The minimum atomic E-state index is -0.343. The average Bonchev–Trinajstić information content (AvgIpc) is 3.39. The van der Waals surface area contributed by atoms with Crippen molar-refractivity contribution in [2.45, 2.75) is 29.4 Å². The van der Waals surface area contributed by atoms with Crippen LogP contribution in [0.3, 0.4) is 0 Å². The number of nitrogens with one attached hydrogen (secondary N) is 2. The number of hydrogen-bond donors (Lipinski definition) is 3. The molecule has 3 heterocycles. The van der Waals surface area contributed by atoms with E-state index in [4.69, 9.17) is 14.9 Å². The molecule has 3 N–H and O–H groups in total. The molecule has 34 heavy (non-hydrogen) atoms. The summed E-state index contributed by atoms with van der Waals surface area (Å²) in [5.74, 6) is 1.82. The van der Waals surface area contributed by atoms with Crippen LogP contribution in [-0.2, 0) is 0 Å². The number of aryl methyl sites for hydroxylation is 1. The minimum absolute atomic E-state index is 0.167. The highest BCUT2D eigenvalue weighted by Gasteiger charge is 2.21. The second kappa shape index (κ2) is 11.9. The lowest BCUT2D eigenvalue weighted by atomic mass is 10.2. The fourth-order valence-corrected chi connectivity index (χ4v) is 4.60. The van der Waals surface area contributed by atoms with Crippen molar-refractivity contribution in [1.29, 1.82) is 5.53 Å². The van der Waals surface area contributed by atoms with Gasteiger partial charge in [-0.2, -0.15) is 20.1 Å². The Balaban J connectivity index is 1.49. The lowest BCUT2D eigenvalue weighted by Gasteiger charge is -2.34. The van der Waals surface area contributed by atoms with E-state index < -0.39 is 0 Å². The van der Waals surface area contributed by atoms with E-state index in [0.717, 1.165) is 31.1 Å². The summed E-state index contributed by atoms with van der Waals surface area (Å²) in [5, 5.41) is 16.8. The third-order valence-corrected chi connectivity index (χ3v) is 6.74. The van der Waals surface area contributed by atoms with Crippen molar-refractivity contribution in [3.05, 3.63) is 54.0 Å². The average molecular weight is 483 g/mol. The van der Waals surface area contributed by atoms with Gasteiger partial charge in [-0.3, -0.25) is 4.90 Å². The number of aliphatic hydroxyl groups is 1. The first-order valence-electron chi connectivity index (χ1n) is 11.4. The Bertz CT molecular complexity index is 1060. The molecule has 0 spiro atoms. The van der Waals surface area contributed by atoms with Crippen molar-refractivity contribution >= 4 is 23.7 Å². The number of aromatic nitrogens is 3. The molecule has 11 heteroatoms. The normalized spacial score (nSPS) is 15.3. The molecule has 0 saturated carbocycles. The van der Waals surface area contributed by atoms with Gasteiger partial charge < -0.3 is 19.7 Å². The second-order valence-electron chi connectivity index (χ2n) is 8.04. The summed E-state index contributed by atoms with van der Waals surface area (Å²) in [5.41, 5.74) is 8.65. The highest BCUT2D eigenvalue weighted by atomic mass is 32.2. The second-order valence-corrected chi connectivity index (χ2v) is 9.05. The van der Waals surface area contributed by atoms with Crippen molar-refractivity contribution in [2.24, 2.45) is 5.11 Å². The Morgan fingerprint density at radius 3 is 2.68 bits per heavy atom. The molecule has 4 rings (SSSR count). The van der Waals surface area contributed by atoms with Crippen LogP contribution in [0.25, 0.3) is 0 Å². The molecule has 1 unspecified atom stereocenters. The van der Waals surface area contributed by atoms with Crippen LogP contribution in [0.4, 0.5) is 11.9 Å².